The average Bonchev–Trinajstić information content (AvgIpc) is 2.89. The topological polar surface area (TPSA) is 87.5 Å². The number of urea groups is 1. The van der Waals surface area contributed by atoms with E-state index in [1.807, 2.05) is 30.3 Å². The van der Waals surface area contributed by atoms with Crippen molar-refractivity contribution in [3.05, 3.63) is 42.6 Å². The van der Waals surface area contributed by atoms with E-state index in [1.54, 1.807) is 21.8 Å². The maximum absolute atomic E-state index is 12.4. The second-order valence-electron chi connectivity index (χ2n) is 5.91. The first-order chi connectivity index (χ1) is 11.9. The highest BCUT2D eigenvalue weighted by atomic mass is 32.2. The maximum atomic E-state index is 12.4. The normalized spacial score (nSPS) is 16.4. The Labute approximate surface area is 147 Å². The summed E-state index contributed by atoms with van der Waals surface area (Å²) in [4.78, 5) is 14.0. The number of rotatable bonds is 3. The number of carbonyl (C=O) groups excluding carboxylic acids is 1. The van der Waals surface area contributed by atoms with E-state index in [0.29, 0.717) is 38.4 Å². The van der Waals surface area contributed by atoms with E-state index in [9.17, 15) is 13.2 Å². The highest BCUT2D eigenvalue weighted by Crippen LogP contribution is 2.12. The quantitative estimate of drug-likeness (QED) is 0.892. The smallest absolute Gasteiger partial charge is 0.323 e. The second-order valence-corrected chi connectivity index (χ2v) is 7.90. The van der Waals surface area contributed by atoms with Crippen molar-refractivity contribution < 1.29 is 13.2 Å². The van der Waals surface area contributed by atoms with Gasteiger partial charge in [0.25, 0.3) is 0 Å². The zero-order valence-corrected chi connectivity index (χ0v) is 14.8. The van der Waals surface area contributed by atoms with Gasteiger partial charge in [-0.2, -0.15) is 0 Å². The van der Waals surface area contributed by atoms with E-state index >= 15 is 0 Å². The molecule has 0 unspecified atom stereocenters. The van der Waals surface area contributed by atoms with Gasteiger partial charge in [-0.15, -0.1) is 5.10 Å². The first kappa shape index (κ1) is 17.4. The summed E-state index contributed by atoms with van der Waals surface area (Å²) in [6.45, 7) is 1.62. The van der Waals surface area contributed by atoms with Crippen LogP contribution in [0.15, 0.2) is 42.6 Å². The molecule has 1 fully saturated rings. The Balaban J connectivity index is 1.62. The molecule has 9 heteroatoms. The number of nitrogens with zero attached hydrogens (tertiary/aromatic N) is 4. The molecule has 1 aliphatic heterocycles. The van der Waals surface area contributed by atoms with Crippen LogP contribution in [0.1, 0.15) is 6.42 Å². The minimum Gasteiger partial charge on any atom is -0.323 e. The number of aromatic nitrogens is 2. The van der Waals surface area contributed by atoms with Gasteiger partial charge in [0.1, 0.15) is 0 Å². The van der Waals surface area contributed by atoms with Crippen LogP contribution in [0, 0.1) is 0 Å². The molecule has 1 aromatic heterocycles. The van der Waals surface area contributed by atoms with E-state index in [1.165, 1.54) is 10.6 Å². The van der Waals surface area contributed by atoms with Crippen molar-refractivity contribution in [3.8, 4) is 5.69 Å². The van der Waals surface area contributed by atoms with E-state index in [-0.39, 0.29) is 6.03 Å². The number of carbonyl (C=O) groups is 1. The third-order valence-corrected chi connectivity index (χ3v) is 5.36. The highest BCUT2D eigenvalue weighted by Gasteiger charge is 2.24. The fourth-order valence-electron chi connectivity index (χ4n) is 2.73. The van der Waals surface area contributed by atoms with Crippen LogP contribution in [0.5, 0.6) is 0 Å². The first-order valence-electron chi connectivity index (χ1n) is 8.05. The van der Waals surface area contributed by atoms with E-state index in [2.05, 4.69) is 10.4 Å². The molecule has 134 valence electrons. The minimum absolute atomic E-state index is 0.270. The van der Waals surface area contributed by atoms with Gasteiger partial charge in [0.05, 0.1) is 11.9 Å². The molecule has 1 aliphatic rings. The zero-order valence-electron chi connectivity index (χ0n) is 14.0. The summed E-state index contributed by atoms with van der Waals surface area (Å²) in [5, 5.41) is 7.11. The van der Waals surface area contributed by atoms with Gasteiger partial charge in [0.2, 0.25) is 10.0 Å². The van der Waals surface area contributed by atoms with E-state index < -0.39 is 10.0 Å². The van der Waals surface area contributed by atoms with Crippen LogP contribution in [0.3, 0.4) is 0 Å². The summed E-state index contributed by atoms with van der Waals surface area (Å²) >= 11 is 0. The predicted molar refractivity (Wildman–Crippen MR) is 95.2 cm³/mol. The second kappa shape index (κ2) is 7.24. The van der Waals surface area contributed by atoms with Gasteiger partial charge >= 0.3 is 6.03 Å². The number of benzene rings is 1. The molecule has 0 saturated carbocycles. The molecule has 0 radical (unpaired) electrons. The van der Waals surface area contributed by atoms with Crippen LogP contribution in [-0.4, -0.2) is 65.9 Å². The Bertz CT molecular complexity index is 834. The number of hydrogen-bond acceptors (Lipinski definition) is 4. The molecule has 2 amide bonds. The van der Waals surface area contributed by atoms with E-state index in [0.717, 1.165) is 5.69 Å². The lowest BCUT2D eigenvalue weighted by Gasteiger charge is -2.20. The Morgan fingerprint density at radius 1 is 1.08 bits per heavy atom. The molecule has 1 aromatic carbocycles. The Hall–Kier alpha value is -2.39. The van der Waals surface area contributed by atoms with Crippen LogP contribution >= 0.6 is 0 Å². The molecule has 8 nitrogen and oxygen atoms in total. The molecular formula is C16H21N5O3S. The Morgan fingerprint density at radius 3 is 2.56 bits per heavy atom. The lowest BCUT2D eigenvalue weighted by atomic mass is 10.3. The van der Waals surface area contributed by atoms with Gasteiger partial charge in [-0.05, 0) is 18.6 Å². The molecule has 2 heterocycles. The number of nitrogens with one attached hydrogen (secondary N) is 1. The van der Waals surface area contributed by atoms with Crippen molar-refractivity contribution in [2.45, 2.75) is 6.42 Å². The molecular weight excluding hydrogens is 342 g/mol. The average molecular weight is 363 g/mol. The number of hydrogen-bond donors (Lipinski definition) is 1. The highest BCUT2D eigenvalue weighted by molar-refractivity contribution is 7.88. The number of anilines is 1. The molecule has 25 heavy (non-hydrogen) atoms. The van der Waals surface area contributed by atoms with Crippen LogP contribution in [0.25, 0.3) is 5.69 Å². The minimum atomic E-state index is -3.23. The fraction of sp³-hybridized carbons (Fsp3) is 0.375. The summed E-state index contributed by atoms with van der Waals surface area (Å²) in [7, 11) is -3.23. The summed E-state index contributed by atoms with van der Waals surface area (Å²) in [5.41, 5.74) is 0.904. The molecule has 1 N–H and O–H groups in total. The first-order valence-corrected chi connectivity index (χ1v) is 9.90. The molecule has 0 atom stereocenters. The van der Waals surface area contributed by atoms with Crippen molar-refractivity contribution in [3.63, 3.8) is 0 Å². The van der Waals surface area contributed by atoms with Gasteiger partial charge in [0, 0.05) is 38.4 Å². The lowest BCUT2D eigenvalue weighted by Crippen LogP contribution is -2.39. The molecule has 2 aromatic rings. The van der Waals surface area contributed by atoms with Gasteiger partial charge in [-0.3, -0.25) is 5.32 Å². The molecule has 0 spiro atoms. The largest absolute Gasteiger partial charge is 0.323 e. The Kier molecular flexibility index (Phi) is 5.05. The van der Waals surface area contributed by atoms with Crippen molar-refractivity contribution in [1.82, 2.24) is 19.0 Å². The van der Waals surface area contributed by atoms with Crippen LogP contribution < -0.4 is 5.32 Å². The lowest BCUT2D eigenvalue weighted by molar-refractivity contribution is 0.214. The standard InChI is InChI=1S/C16H21N5O3S/c1-25(23,24)20-10-5-9-19(12-13-20)16(22)17-15-8-11-21(18-15)14-6-3-2-4-7-14/h2-4,6-8,11H,5,9-10,12-13H2,1H3,(H,17,18,22). The van der Waals surface area contributed by atoms with Crippen molar-refractivity contribution in [2.24, 2.45) is 0 Å². The third-order valence-electron chi connectivity index (χ3n) is 4.06. The summed E-state index contributed by atoms with van der Waals surface area (Å²) in [6.07, 6.45) is 3.58. The van der Waals surface area contributed by atoms with Crippen LogP contribution in [0.2, 0.25) is 0 Å². The summed E-state index contributed by atoms with van der Waals surface area (Å²) in [5.74, 6) is 0.457. The van der Waals surface area contributed by atoms with Crippen LogP contribution in [0.4, 0.5) is 10.6 Å². The van der Waals surface area contributed by atoms with Gasteiger partial charge < -0.3 is 4.90 Å². The van der Waals surface area contributed by atoms with Gasteiger partial charge in [-0.25, -0.2) is 22.2 Å². The number of sulfonamides is 1. The predicted octanol–water partition coefficient (Wildman–Crippen LogP) is 1.37. The third kappa shape index (κ3) is 4.37. The SMILES string of the molecule is CS(=O)(=O)N1CCCN(C(=O)Nc2ccn(-c3ccccc3)n2)CC1. The summed E-state index contributed by atoms with van der Waals surface area (Å²) < 4.78 is 26.4. The molecule has 0 bridgehead atoms. The van der Waals surface area contributed by atoms with Crippen molar-refractivity contribution >= 4 is 21.9 Å². The van der Waals surface area contributed by atoms with E-state index in [4.69, 9.17) is 0 Å². The molecule has 3 rings (SSSR count). The fourth-order valence-corrected chi connectivity index (χ4v) is 3.61. The molecule has 1 saturated heterocycles. The maximum Gasteiger partial charge on any atom is 0.323 e. The molecule has 0 aliphatic carbocycles. The Morgan fingerprint density at radius 2 is 1.84 bits per heavy atom. The zero-order chi connectivity index (χ0) is 17.9. The monoisotopic (exact) mass is 363 g/mol. The van der Waals surface area contributed by atoms with Crippen molar-refractivity contribution in [1.29, 1.82) is 0 Å². The summed E-state index contributed by atoms with van der Waals surface area (Å²) in [6, 6.07) is 11.1. The van der Waals surface area contributed by atoms with Gasteiger partial charge in [0.15, 0.2) is 5.82 Å². The number of para-hydroxylation sites is 1. The van der Waals surface area contributed by atoms with Gasteiger partial charge in [-0.1, -0.05) is 18.2 Å². The van der Waals surface area contributed by atoms with Crippen LogP contribution in [-0.2, 0) is 10.0 Å². The number of amides is 2. The van der Waals surface area contributed by atoms with Crippen molar-refractivity contribution in [2.75, 3.05) is 37.8 Å².